The number of aryl methyl sites for hydroxylation is 1. The average Bonchev–Trinajstić information content (AvgIpc) is 3.44. The fourth-order valence-electron chi connectivity index (χ4n) is 6.59. The number of hydrogen-bond donors (Lipinski definition) is 4. The normalized spacial score (nSPS) is 23.5. The SMILES string of the molecule is COCC(=O)Nc1cc2c(cc1F)/C(=C/c1[nH]c(C)c(C(=O)C3CCC(O)(CN4CCCCC4)CC3)c1C(F)(F)F)C(=O)N2. The first-order valence-electron chi connectivity index (χ1n) is 14.7. The number of nitrogens with zero attached hydrogens (tertiary/aromatic N) is 1. The van der Waals surface area contributed by atoms with Crippen molar-refractivity contribution in [3.63, 3.8) is 0 Å². The Morgan fingerprint density at radius 2 is 1.86 bits per heavy atom. The predicted octanol–water partition coefficient (Wildman–Crippen LogP) is 5.15. The number of aliphatic hydroxyl groups is 1. The van der Waals surface area contributed by atoms with Gasteiger partial charge in [0.15, 0.2) is 5.78 Å². The third kappa shape index (κ3) is 6.59. The van der Waals surface area contributed by atoms with E-state index in [1.807, 2.05) is 0 Å². The zero-order valence-corrected chi connectivity index (χ0v) is 24.6. The summed E-state index contributed by atoms with van der Waals surface area (Å²) in [6, 6.07) is 2.12. The number of carbonyl (C=O) groups is 3. The maximum atomic E-state index is 14.8. The number of β-amino-alcohol motifs (C(OH)–C–C–N with tert-alkyl or cyclic N) is 1. The molecule has 5 rings (SSSR count). The van der Waals surface area contributed by atoms with Crippen molar-refractivity contribution in [3.05, 3.63) is 46.0 Å². The first-order chi connectivity index (χ1) is 20.8. The van der Waals surface area contributed by atoms with Crippen molar-refractivity contribution < 1.29 is 41.8 Å². The van der Waals surface area contributed by atoms with E-state index in [1.165, 1.54) is 20.1 Å². The van der Waals surface area contributed by atoms with Crippen LogP contribution in [0.2, 0.25) is 0 Å². The van der Waals surface area contributed by atoms with Crippen LogP contribution in [0.1, 0.15) is 77.8 Å². The van der Waals surface area contributed by atoms with Gasteiger partial charge in [0.2, 0.25) is 5.91 Å². The molecule has 2 aliphatic heterocycles. The Kier molecular flexibility index (Phi) is 9.01. The van der Waals surface area contributed by atoms with Crippen LogP contribution in [0.3, 0.4) is 0 Å². The molecule has 1 aliphatic carbocycles. The van der Waals surface area contributed by atoms with Gasteiger partial charge in [0.05, 0.1) is 39.4 Å². The summed E-state index contributed by atoms with van der Waals surface area (Å²) >= 11 is 0. The van der Waals surface area contributed by atoms with Crippen LogP contribution in [0.4, 0.5) is 28.9 Å². The molecule has 44 heavy (non-hydrogen) atoms. The van der Waals surface area contributed by atoms with E-state index < -0.39 is 57.9 Å². The van der Waals surface area contributed by atoms with Gasteiger partial charge in [-0.25, -0.2) is 4.39 Å². The van der Waals surface area contributed by atoms with Crippen molar-refractivity contribution >= 4 is 40.6 Å². The molecular formula is C31H36F4N4O5. The molecule has 0 spiro atoms. The molecule has 0 unspecified atom stereocenters. The summed E-state index contributed by atoms with van der Waals surface area (Å²) in [5.41, 5.74) is -3.51. The number of piperidine rings is 1. The smallest absolute Gasteiger partial charge is 0.389 e. The lowest BCUT2D eigenvalue weighted by atomic mass is 9.75. The second-order valence-electron chi connectivity index (χ2n) is 12.0. The average molecular weight is 621 g/mol. The molecule has 1 aromatic heterocycles. The molecule has 4 N–H and O–H groups in total. The van der Waals surface area contributed by atoms with Gasteiger partial charge in [-0.3, -0.25) is 14.4 Å². The van der Waals surface area contributed by atoms with Crippen molar-refractivity contribution in [2.75, 3.05) is 44.0 Å². The molecule has 0 radical (unpaired) electrons. The lowest BCUT2D eigenvalue weighted by Crippen LogP contribution is -2.47. The number of amides is 2. The number of methoxy groups -OCH3 is 1. The number of aromatic nitrogens is 1. The summed E-state index contributed by atoms with van der Waals surface area (Å²) in [7, 11) is 1.29. The third-order valence-corrected chi connectivity index (χ3v) is 8.73. The van der Waals surface area contributed by atoms with E-state index in [-0.39, 0.29) is 47.7 Å². The lowest BCUT2D eigenvalue weighted by molar-refractivity contribution is -0.138. The molecule has 0 atom stereocenters. The molecule has 3 aliphatic rings. The van der Waals surface area contributed by atoms with Crippen LogP contribution in [-0.4, -0.2) is 71.5 Å². The van der Waals surface area contributed by atoms with E-state index >= 15 is 0 Å². The second-order valence-corrected chi connectivity index (χ2v) is 12.0. The summed E-state index contributed by atoms with van der Waals surface area (Å²) < 4.78 is 63.2. The van der Waals surface area contributed by atoms with E-state index in [0.29, 0.717) is 19.4 Å². The van der Waals surface area contributed by atoms with Gasteiger partial charge in [0.1, 0.15) is 12.4 Å². The van der Waals surface area contributed by atoms with E-state index in [9.17, 15) is 37.1 Å². The quantitative estimate of drug-likeness (QED) is 0.184. The van der Waals surface area contributed by atoms with E-state index in [4.69, 9.17) is 4.74 Å². The maximum Gasteiger partial charge on any atom is 0.419 e. The monoisotopic (exact) mass is 620 g/mol. The molecule has 1 aromatic carbocycles. The summed E-state index contributed by atoms with van der Waals surface area (Å²) in [6.07, 6.45) is 0.485. The molecule has 2 fully saturated rings. The maximum absolute atomic E-state index is 14.8. The Bertz CT molecular complexity index is 1480. The number of anilines is 2. The van der Waals surface area contributed by atoms with Gasteiger partial charge in [-0.05, 0) is 76.7 Å². The number of Topliss-reactive ketones (excluding diaryl/α,β-unsaturated/α-hetero) is 1. The number of likely N-dealkylation sites (tertiary alicyclic amines) is 1. The molecule has 9 nitrogen and oxygen atoms in total. The van der Waals surface area contributed by atoms with Crippen LogP contribution in [0.15, 0.2) is 12.1 Å². The molecule has 1 saturated heterocycles. The highest BCUT2D eigenvalue weighted by atomic mass is 19.4. The van der Waals surface area contributed by atoms with Gasteiger partial charge in [-0.1, -0.05) is 6.42 Å². The zero-order chi connectivity index (χ0) is 31.8. The third-order valence-electron chi connectivity index (χ3n) is 8.73. The van der Waals surface area contributed by atoms with Gasteiger partial charge >= 0.3 is 6.18 Å². The summed E-state index contributed by atoms with van der Waals surface area (Å²) in [6.45, 7) is 3.34. The fourth-order valence-corrected chi connectivity index (χ4v) is 6.59. The predicted molar refractivity (Wildman–Crippen MR) is 155 cm³/mol. The molecule has 2 amide bonds. The highest BCUT2D eigenvalue weighted by Crippen LogP contribution is 2.43. The van der Waals surface area contributed by atoms with Crippen LogP contribution < -0.4 is 10.6 Å². The van der Waals surface area contributed by atoms with Crippen LogP contribution in [0, 0.1) is 18.7 Å². The summed E-state index contributed by atoms with van der Waals surface area (Å²) in [4.78, 5) is 43.1. The Morgan fingerprint density at radius 1 is 1.18 bits per heavy atom. The van der Waals surface area contributed by atoms with Crippen LogP contribution in [0.25, 0.3) is 11.6 Å². The first kappa shape index (κ1) is 31.9. The number of aromatic amines is 1. The first-order valence-corrected chi connectivity index (χ1v) is 14.7. The highest BCUT2D eigenvalue weighted by molar-refractivity contribution is 6.35. The van der Waals surface area contributed by atoms with Gasteiger partial charge in [0.25, 0.3) is 5.91 Å². The van der Waals surface area contributed by atoms with Crippen LogP contribution in [-0.2, 0) is 20.5 Å². The number of rotatable bonds is 8. The standard InChI is InChI=1S/C31H36F4N4O5/c1-17-26(28(41)18-6-8-30(43,9-7-18)16-39-10-4-3-5-11-39)27(31(33,34)35)24(36-17)13-20-19-12-21(32)23(37-25(40)15-44-2)14-22(19)38-29(20)42/h12-14,18,36,43H,3-11,15-16H2,1-2H3,(H,37,40)(H,38,42)/b20-13-. The molecular weight excluding hydrogens is 584 g/mol. The number of ether oxygens (including phenoxy) is 1. The number of ketones is 1. The number of halogens is 4. The lowest BCUT2D eigenvalue weighted by Gasteiger charge is -2.40. The largest absolute Gasteiger partial charge is 0.419 e. The minimum Gasteiger partial charge on any atom is -0.389 e. The van der Waals surface area contributed by atoms with Gasteiger partial charge < -0.3 is 30.4 Å². The number of H-pyrrole nitrogens is 1. The number of alkyl halides is 3. The molecule has 1 saturated carbocycles. The van der Waals surface area contributed by atoms with Crippen molar-refractivity contribution in [2.24, 2.45) is 5.92 Å². The molecule has 0 bridgehead atoms. The number of hydrogen-bond acceptors (Lipinski definition) is 6. The van der Waals surface area contributed by atoms with Crippen LogP contribution >= 0.6 is 0 Å². The second kappa shape index (κ2) is 12.4. The Labute approximate surface area is 252 Å². The fraction of sp³-hybridized carbons (Fsp3) is 0.516. The Morgan fingerprint density at radius 3 is 2.50 bits per heavy atom. The Balaban J connectivity index is 1.41. The minimum absolute atomic E-state index is 0.00402. The van der Waals surface area contributed by atoms with Crippen molar-refractivity contribution in [2.45, 2.75) is 63.6 Å². The Hall–Kier alpha value is -3.55. The number of fused-ring (bicyclic) bond motifs is 1. The topological polar surface area (TPSA) is 124 Å². The van der Waals surface area contributed by atoms with Gasteiger partial charge in [-0.2, -0.15) is 13.2 Å². The molecule has 13 heteroatoms. The van der Waals surface area contributed by atoms with Gasteiger partial charge in [-0.15, -0.1) is 0 Å². The molecule has 238 valence electrons. The molecule has 3 heterocycles. The van der Waals surface area contributed by atoms with Crippen molar-refractivity contribution in [1.82, 2.24) is 9.88 Å². The van der Waals surface area contributed by atoms with E-state index in [2.05, 4.69) is 20.5 Å². The number of carbonyl (C=O) groups excluding carboxylic acids is 3. The van der Waals surface area contributed by atoms with E-state index in [0.717, 1.165) is 44.5 Å². The van der Waals surface area contributed by atoms with Crippen molar-refractivity contribution in [1.29, 1.82) is 0 Å². The molecule has 2 aromatic rings. The number of nitrogens with one attached hydrogen (secondary N) is 3. The van der Waals surface area contributed by atoms with Gasteiger partial charge in [0, 0.05) is 30.8 Å². The highest BCUT2D eigenvalue weighted by Gasteiger charge is 2.44. The minimum atomic E-state index is -4.94. The van der Waals surface area contributed by atoms with E-state index in [1.54, 1.807) is 0 Å². The number of benzene rings is 1. The van der Waals surface area contributed by atoms with Crippen LogP contribution in [0.5, 0.6) is 0 Å². The van der Waals surface area contributed by atoms with Crippen molar-refractivity contribution in [3.8, 4) is 0 Å². The zero-order valence-electron chi connectivity index (χ0n) is 24.6. The summed E-state index contributed by atoms with van der Waals surface area (Å²) in [5.74, 6) is -3.65. The summed E-state index contributed by atoms with van der Waals surface area (Å²) in [5, 5.41) is 16.0.